The molecule has 1 fully saturated rings. The monoisotopic (exact) mass is 458 g/mol. The van der Waals surface area contributed by atoms with E-state index in [4.69, 9.17) is 4.74 Å². The van der Waals surface area contributed by atoms with E-state index in [1.54, 1.807) is 18.3 Å². The Balaban J connectivity index is 1.63. The fraction of sp³-hybridized carbons (Fsp3) is 0.238. The van der Waals surface area contributed by atoms with Crippen molar-refractivity contribution in [3.63, 3.8) is 0 Å². The van der Waals surface area contributed by atoms with Crippen LogP contribution in [-0.2, 0) is 6.54 Å². The second-order valence-corrected chi connectivity index (χ2v) is 7.75. The van der Waals surface area contributed by atoms with Crippen LogP contribution in [-0.4, -0.2) is 28.9 Å². The molecule has 0 bridgehead atoms. The zero-order valence-corrected chi connectivity index (χ0v) is 16.5. The summed E-state index contributed by atoms with van der Waals surface area (Å²) >= 11 is 2.21. The van der Waals surface area contributed by atoms with Crippen LogP contribution in [0.4, 0.5) is 0 Å². The van der Waals surface area contributed by atoms with Crippen LogP contribution in [0.25, 0.3) is 10.9 Å². The third kappa shape index (κ3) is 3.73. The highest BCUT2D eigenvalue weighted by Gasteiger charge is 2.16. The van der Waals surface area contributed by atoms with Crippen LogP contribution in [0.2, 0.25) is 0 Å². The van der Waals surface area contributed by atoms with Gasteiger partial charge in [-0.2, -0.15) is 0 Å². The molecule has 0 unspecified atom stereocenters. The van der Waals surface area contributed by atoms with Crippen molar-refractivity contribution in [3.05, 3.63) is 69.4 Å². The van der Waals surface area contributed by atoms with Crippen LogP contribution in [0.1, 0.15) is 28.8 Å². The third-order valence-corrected chi connectivity index (χ3v) is 5.42. The van der Waals surface area contributed by atoms with E-state index in [1.807, 2.05) is 24.3 Å². The second kappa shape index (κ2) is 7.72. The highest BCUT2D eigenvalue weighted by Crippen LogP contribution is 2.29. The summed E-state index contributed by atoms with van der Waals surface area (Å²) in [7, 11) is 0. The zero-order chi connectivity index (χ0) is 17.9. The molecule has 1 aliphatic heterocycles. The van der Waals surface area contributed by atoms with E-state index in [9.17, 15) is 4.79 Å². The number of likely N-dealkylation sites (tertiary alicyclic amines) is 1. The third-order valence-electron chi connectivity index (χ3n) is 4.70. The summed E-state index contributed by atoms with van der Waals surface area (Å²) in [5.74, 6) is 0.148. The Morgan fingerprint density at radius 1 is 1.08 bits per heavy atom. The Labute approximate surface area is 166 Å². The number of aromatic nitrogens is 1. The van der Waals surface area contributed by atoms with E-state index in [0.717, 1.165) is 34.1 Å². The number of carbonyl (C=O) groups is 1. The van der Waals surface area contributed by atoms with Crippen molar-refractivity contribution in [1.29, 1.82) is 0 Å². The van der Waals surface area contributed by atoms with Gasteiger partial charge in [0.25, 0.3) is 0 Å². The Hall–Kier alpha value is -1.99. The van der Waals surface area contributed by atoms with Crippen LogP contribution in [0, 0.1) is 3.57 Å². The number of benzene rings is 2. The number of pyridine rings is 1. The number of nitrogens with zero attached hydrogens (tertiary/aromatic N) is 2. The zero-order valence-electron chi connectivity index (χ0n) is 14.3. The van der Waals surface area contributed by atoms with Crippen LogP contribution in [0.5, 0.6) is 5.75 Å². The first kappa shape index (κ1) is 17.4. The molecule has 0 N–H and O–H groups in total. The molecule has 2 aromatic carbocycles. The van der Waals surface area contributed by atoms with E-state index in [1.165, 1.54) is 18.4 Å². The Kier molecular flexibility index (Phi) is 5.17. The average molecular weight is 458 g/mol. The molecule has 132 valence electrons. The number of carbonyl (C=O) groups excluding carboxylic acids is 1. The van der Waals surface area contributed by atoms with Gasteiger partial charge >= 0.3 is 5.97 Å². The lowest BCUT2D eigenvalue weighted by molar-refractivity contribution is 0.0736. The van der Waals surface area contributed by atoms with Crippen LogP contribution >= 0.6 is 22.6 Å². The maximum atomic E-state index is 12.5. The van der Waals surface area contributed by atoms with Gasteiger partial charge in [-0.05, 0) is 90.5 Å². The van der Waals surface area contributed by atoms with Gasteiger partial charge in [0.15, 0.2) is 5.75 Å². The number of hydrogen-bond donors (Lipinski definition) is 0. The molecule has 0 atom stereocenters. The van der Waals surface area contributed by atoms with Crippen molar-refractivity contribution in [1.82, 2.24) is 9.88 Å². The molecule has 4 rings (SSSR count). The van der Waals surface area contributed by atoms with E-state index >= 15 is 0 Å². The predicted octanol–water partition coefficient (Wildman–Crippen LogP) is 4.65. The largest absolute Gasteiger partial charge is 0.421 e. The molecule has 3 aromatic rings. The van der Waals surface area contributed by atoms with Crippen molar-refractivity contribution in [2.24, 2.45) is 0 Å². The van der Waals surface area contributed by atoms with Crippen LogP contribution in [0.15, 0.2) is 54.7 Å². The Morgan fingerprint density at radius 3 is 2.62 bits per heavy atom. The van der Waals surface area contributed by atoms with Gasteiger partial charge in [-0.3, -0.25) is 9.88 Å². The van der Waals surface area contributed by atoms with E-state index < -0.39 is 0 Å². The number of halogens is 1. The summed E-state index contributed by atoms with van der Waals surface area (Å²) in [6.45, 7) is 3.20. The van der Waals surface area contributed by atoms with Crippen molar-refractivity contribution < 1.29 is 9.53 Å². The van der Waals surface area contributed by atoms with Crippen molar-refractivity contribution in [2.75, 3.05) is 13.1 Å². The van der Waals surface area contributed by atoms with Gasteiger partial charge in [-0.1, -0.05) is 12.1 Å². The highest BCUT2D eigenvalue weighted by atomic mass is 127. The molecular weight excluding hydrogens is 439 g/mol. The van der Waals surface area contributed by atoms with Crippen molar-refractivity contribution in [2.45, 2.75) is 19.4 Å². The molecule has 0 radical (unpaired) electrons. The van der Waals surface area contributed by atoms with Gasteiger partial charge in [-0.15, -0.1) is 0 Å². The number of ether oxygens (including phenoxy) is 1. The first-order chi connectivity index (χ1) is 12.7. The van der Waals surface area contributed by atoms with Gasteiger partial charge in [0.1, 0.15) is 5.52 Å². The minimum atomic E-state index is -0.361. The number of hydrogen-bond acceptors (Lipinski definition) is 4. The molecule has 1 saturated heterocycles. The van der Waals surface area contributed by atoms with Gasteiger partial charge < -0.3 is 4.74 Å². The second-order valence-electron chi connectivity index (χ2n) is 6.50. The number of esters is 1. The van der Waals surface area contributed by atoms with E-state index in [-0.39, 0.29) is 5.97 Å². The summed E-state index contributed by atoms with van der Waals surface area (Å²) in [6.07, 6.45) is 4.27. The lowest BCUT2D eigenvalue weighted by Gasteiger charge is -2.17. The van der Waals surface area contributed by atoms with Gasteiger partial charge in [0.05, 0.1) is 5.56 Å². The Morgan fingerprint density at radius 2 is 1.85 bits per heavy atom. The first-order valence-corrected chi connectivity index (χ1v) is 9.85. The molecule has 0 aliphatic carbocycles. The fourth-order valence-electron chi connectivity index (χ4n) is 3.35. The standard InChI is InChI=1S/C21H19IN2O2/c22-17-8-5-15(6-9-17)21(25)26-19-10-7-16(14-24-12-1-2-13-24)18-4-3-11-23-20(18)19/h3-11H,1-2,12-14H2. The van der Waals surface area contributed by atoms with E-state index in [0.29, 0.717) is 11.3 Å². The molecule has 2 heterocycles. The minimum Gasteiger partial charge on any atom is -0.421 e. The number of rotatable bonds is 4. The van der Waals surface area contributed by atoms with Gasteiger partial charge in [0.2, 0.25) is 0 Å². The minimum absolute atomic E-state index is 0.361. The lowest BCUT2D eigenvalue weighted by Crippen LogP contribution is -2.18. The maximum absolute atomic E-state index is 12.5. The van der Waals surface area contributed by atoms with Crippen LogP contribution in [0.3, 0.4) is 0 Å². The quantitative estimate of drug-likeness (QED) is 0.324. The number of fused-ring (bicyclic) bond motifs is 1. The molecule has 0 spiro atoms. The van der Waals surface area contributed by atoms with E-state index in [2.05, 4.69) is 44.6 Å². The van der Waals surface area contributed by atoms with Crippen LogP contribution < -0.4 is 4.74 Å². The molecule has 26 heavy (non-hydrogen) atoms. The smallest absolute Gasteiger partial charge is 0.343 e. The summed E-state index contributed by atoms with van der Waals surface area (Å²) < 4.78 is 6.74. The SMILES string of the molecule is O=C(Oc1ccc(CN2CCCC2)c2cccnc12)c1ccc(I)cc1. The summed E-state index contributed by atoms with van der Waals surface area (Å²) in [6, 6.07) is 15.3. The van der Waals surface area contributed by atoms with Crippen molar-refractivity contribution >= 4 is 39.5 Å². The Bertz CT molecular complexity index is 934. The molecular formula is C21H19IN2O2. The summed E-state index contributed by atoms with van der Waals surface area (Å²) in [5.41, 5.74) is 2.50. The first-order valence-electron chi connectivity index (χ1n) is 8.77. The van der Waals surface area contributed by atoms with Gasteiger partial charge in [-0.25, -0.2) is 4.79 Å². The molecule has 0 saturated carbocycles. The lowest BCUT2D eigenvalue weighted by atomic mass is 10.1. The van der Waals surface area contributed by atoms with Gasteiger partial charge in [0, 0.05) is 21.7 Å². The molecule has 4 nitrogen and oxygen atoms in total. The van der Waals surface area contributed by atoms with Crippen molar-refractivity contribution in [3.8, 4) is 5.75 Å². The molecule has 0 amide bonds. The molecule has 1 aliphatic rings. The maximum Gasteiger partial charge on any atom is 0.343 e. The normalized spacial score (nSPS) is 14.7. The topological polar surface area (TPSA) is 42.4 Å². The molecule has 5 heteroatoms. The molecule has 1 aromatic heterocycles. The average Bonchev–Trinajstić information content (AvgIpc) is 3.17. The summed E-state index contributed by atoms with van der Waals surface area (Å²) in [4.78, 5) is 19.4. The summed E-state index contributed by atoms with van der Waals surface area (Å²) in [5, 5.41) is 1.05. The predicted molar refractivity (Wildman–Crippen MR) is 110 cm³/mol. The fourth-order valence-corrected chi connectivity index (χ4v) is 3.71. The highest BCUT2D eigenvalue weighted by molar-refractivity contribution is 14.1.